The third-order valence-corrected chi connectivity index (χ3v) is 12.8. The highest BCUT2D eigenvalue weighted by atomic mass is 15.2. The number of pyridine rings is 1. The minimum absolute atomic E-state index is 0.483. The smallest absolute Gasteiger partial charge is 0.238 e. The van der Waals surface area contributed by atoms with E-state index in [2.05, 4.69) is 161 Å². The Labute approximate surface area is 359 Å². The first-order valence-corrected chi connectivity index (χ1v) is 21.8. The van der Waals surface area contributed by atoms with Crippen LogP contribution in [0.15, 0.2) is 188 Å². The highest BCUT2D eigenvalue weighted by Crippen LogP contribution is 2.47. The number of hydrogen-bond acceptors (Lipinski definition) is 4. The molecule has 0 saturated heterocycles. The Morgan fingerprint density at radius 2 is 0.952 bits per heavy atom. The number of hydrogen-bond donors (Lipinski definition) is 0. The SMILES string of the molecule is c1ccc(-c2cccc(-c3cccc(-c4nc(-c5ccccc5)nc(-n5c6ccccc6c6cc(C7CCCCC7)c7c8ccccc8n(-c8ccccc8)c7c65)n4)c3)n2)cc1. The fraction of sp³-hybridized carbons (Fsp3) is 0.107. The van der Waals surface area contributed by atoms with Crippen molar-refractivity contribution < 1.29 is 0 Å². The molecule has 4 heterocycles. The lowest BCUT2D eigenvalue weighted by atomic mass is 9.81. The van der Waals surface area contributed by atoms with Crippen molar-refractivity contribution >= 4 is 43.6 Å². The normalized spacial score (nSPS) is 13.4. The van der Waals surface area contributed by atoms with Gasteiger partial charge in [-0.05, 0) is 72.9 Å². The van der Waals surface area contributed by atoms with Gasteiger partial charge in [-0.15, -0.1) is 0 Å². The average molecular weight is 799 g/mol. The molecule has 0 radical (unpaired) electrons. The molecule has 0 atom stereocenters. The first-order valence-electron chi connectivity index (χ1n) is 21.8. The molecule has 0 N–H and O–H groups in total. The molecule has 4 aromatic heterocycles. The fourth-order valence-electron chi connectivity index (χ4n) is 9.91. The maximum absolute atomic E-state index is 5.46. The van der Waals surface area contributed by atoms with E-state index >= 15 is 0 Å². The minimum atomic E-state index is 0.483. The van der Waals surface area contributed by atoms with Crippen molar-refractivity contribution in [1.29, 1.82) is 0 Å². The molecular weight excluding hydrogens is 757 g/mol. The van der Waals surface area contributed by atoms with Gasteiger partial charge in [-0.1, -0.05) is 159 Å². The van der Waals surface area contributed by atoms with E-state index in [9.17, 15) is 0 Å². The summed E-state index contributed by atoms with van der Waals surface area (Å²) >= 11 is 0. The fourth-order valence-corrected chi connectivity index (χ4v) is 9.91. The van der Waals surface area contributed by atoms with E-state index in [0.717, 1.165) is 50.4 Å². The number of aromatic nitrogens is 6. The van der Waals surface area contributed by atoms with Gasteiger partial charge in [-0.2, -0.15) is 9.97 Å². The number of rotatable bonds is 7. The Balaban J connectivity index is 1.16. The molecule has 0 spiro atoms. The number of para-hydroxylation sites is 3. The Kier molecular flexibility index (Phi) is 8.80. The van der Waals surface area contributed by atoms with Crippen LogP contribution in [0.1, 0.15) is 43.6 Å². The molecule has 1 saturated carbocycles. The van der Waals surface area contributed by atoms with Crippen molar-refractivity contribution in [2.45, 2.75) is 38.0 Å². The van der Waals surface area contributed by atoms with Crippen LogP contribution in [0, 0.1) is 0 Å². The quantitative estimate of drug-likeness (QED) is 0.161. The van der Waals surface area contributed by atoms with Crippen LogP contribution in [0.25, 0.3) is 101 Å². The lowest BCUT2D eigenvalue weighted by Gasteiger charge is -2.23. The van der Waals surface area contributed by atoms with Crippen LogP contribution < -0.4 is 0 Å². The molecule has 1 aliphatic carbocycles. The van der Waals surface area contributed by atoms with Crippen molar-refractivity contribution in [3.8, 4) is 56.9 Å². The van der Waals surface area contributed by atoms with Gasteiger partial charge in [0.05, 0.1) is 33.5 Å². The van der Waals surface area contributed by atoms with E-state index in [-0.39, 0.29) is 0 Å². The summed E-state index contributed by atoms with van der Waals surface area (Å²) in [6.07, 6.45) is 6.22. The highest BCUT2D eigenvalue weighted by molar-refractivity contribution is 6.25. The molecule has 1 aliphatic rings. The molecule has 7 aromatic carbocycles. The molecule has 296 valence electrons. The molecule has 0 bridgehead atoms. The first-order chi connectivity index (χ1) is 30.8. The van der Waals surface area contributed by atoms with Crippen LogP contribution in [-0.4, -0.2) is 29.1 Å². The van der Waals surface area contributed by atoms with Gasteiger partial charge in [0.2, 0.25) is 5.95 Å². The Bertz CT molecular complexity index is 3440. The van der Waals surface area contributed by atoms with E-state index < -0.39 is 0 Å². The van der Waals surface area contributed by atoms with E-state index in [4.69, 9.17) is 19.9 Å². The molecule has 62 heavy (non-hydrogen) atoms. The molecule has 6 heteroatoms. The van der Waals surface area contributed by atoms with Crippen molar-refractivity contribution in [1.82, 2.24) is 29.1 Å². The van der Waals surface area contributed by atoms with Gasteiger partial charge in [-0.25, -0.2) is 9.97 Å². The second-order valence-electron chi connectivity index (χ2n) is 16.5. The Hall–Kier alpha value is -7.70. The largest absolute Gasteiger partial charge is 0.307 e. The van der Waals surface area contributed by atoms with Gasteiger partial charge in [0, 0.05) is 49.5 Å². The number of nitrogens with zero attached hydrogens (tertiary/aromatic N) is 6. The van der Waals surface area contributed by atoms with E-state index in [1.54, 1.807) is 0 Å². The van der Waals surface area contributed by atoms with E-state index in [0.29, 0.717) is 23.5 Å². The summed E-state index contributed by atoms with van der Waals surface area (Å²) in [6.45, 7) is 0. The average Bonchev–Trinajstić information content (AvgIpc) is 3.88. The van der Waals surface area contributed by atoms with E-state index in [1.165, 1.54) is 70.2 Å². The summed E-state index contributed by atoms with van der Waals surface area (Å²) in [5.74, 6) is 2.27. The van der Waals surface area contributed by atoms with Crippen LogP contribution in [0.4, 0.5) is 0 Å². The zero-order valence-electron chi connectivity index (χ0n) is 34.2. The third kappa shape index (κ3) is 6.09. The van der Waals surface area contributed by atoms with Crippen LogP contribution in [0.2, 0.25) is 0 Å². The van der Waals surface area contributed by atoms with Gasteiger partial charge in [0.1, 0.15) is 0 Å². The molecule has 1 fully saturated rings. The summed E-state index contributed by atoms with van der Waals surface area (Å²) in [4.78, 5) is 21.2. The maximum atomic E-state index is 5.46. The Morgan fingerprint density at radius 1 is 0.387 bits per heavy atom. The van der Waals surface area contributed by atoms with Crippen molar-refractivity contribution in [3.05, 3.63) is 194 Å². The number of fused-ring (bicyclic) bond motifs is 7. The lowest BCUT2D eigenvalue weighted by Crippen LogP contribution is -2.08. The minimum Gasteiger partial charge on any atom is -0.307 e. The van der Waals surface area contributed by atoms with Crippen LogP contribution >= 0.6 is 0 Å². The second kappa shape index (κ2) is 15.1. The highest BCUT2D eigenvalue weighted by Gasteiger charge is 2.28. The monoisotopic (exact) mass is 798 g/mol. The predicted octanol–water partition coefficient (Wildman–Crippen LogP) is 14.2. The second-order valence-corrected chi connectivity index (χ2v) is 16.5. The maximum Gasteiger partial charge on any atom is 0.238 e. The van der Waals surface area contributed by atoms with Gasteiger partial charge in [0.15, 0.2) is 11.6 Å². The summed E-state index contributed by atoms with van der Waals surface area (Å²) < 4.78 is 4.79. The molecule has 0 amide bonds. The zero-order valence-corrected chi connectivity index (χ0v) is 34.2. The predicted molar refractivity (Wildman–Crippen MR) is 254 cm³/mol. The van der Waals surface area contributed by atoms with Crippen molar-refractivity contribution in [2.24, 2.45) is 0 Å². The van der Waals surface area contributed by atoms with Crippen LogP contribution in [-0.2, 0) is 0 Å². The third-order valence-electron chi connectivity index (χ3n) is 12.8. The summed E-state index contributed by atoms with van der Waals surface area (Å²) in [6, 6.07) is 66.3. The van der Waals surface area contributed by atoms with Gasteiger partial charge < -0.3 is 4.57 Å². The van der Waals surface area contributed by atoms with E-state index in [1.807, 2.05) is 36.4 Å². The van der Waals surface area contributed by atoms with Crippen LogP contribution in [0.5, 0.6) is 0 Å². The summed E-state index contributed by atoms with van der Waals surface area (Å²) in [5.41, 5.74) is 12.8. The van der Waals surface area contributed by atoms with Gasteiger partial charge >= 0.3 is 0 Å². The van der Waals surface area contributed by atoms with Gasteiger partial charge in [-0.3, -0.25) is 4.57 Å². The van der Waals surface area contributed by atoms with Crippen molar-refractivity contribution in [3.63, 3.8) is 0 Å². The molecule has 11 aromatic rings. The Morgan fingerprint density at radius 3 is 1.69 bits per heavy atom. The standard InChI is InChI=1S/C56H42N6/c1-5-19-37(20-6-1)45-36-46-43-29-13-15-33-49(43)62(52(46)53-51(45)44-30-14-16-34-50(44)61(53)42-27-11-4-12-28-42)56-59-54(39-23-9-3-10-24-39)58-55(60-56)41-26-17-25-40(35-41)48-32-18-31-47(57-48)38-21-7-2-8-22-38/h2-4,7-18,21-37H,1,5-6,19-20H2. The summed E-state index contributed by atoms with van der Waals surface area (Å²) in [7, 11) is 0. The van der Waals surface area contributed by atoms with Crippen molar-refractivity contribution in [2.75, 3.05) is 0 Å². The topological polar surface area (TPSA) is 61.4 Å². The number of benzene rings is 7. The molecule has 0 aliphatic heterocycles. The van der Waals surface area contributed by atoms with Crippen LogP contribution in [0.3, 0.4) is 0 Å². The molecule has 0 unspecified atom stereocenters. The zero-order chi connectivity index (χ0) is 41.0. The van der Waals surface area contributed by atoms with Gasteiger partial charge in [0.25, 0.3) is 0 Å². The molecule has 6 nitrogen and oxygen atoms in total. The summed E-state index contributed by atoms with van der Waals surface area (Å²) in [5, 5.41) is 4.99. The molecule has 12 rings (SSSR count). The lowest BCUT2D eigenvalue weighted by molar-refractivity contribution is 0.446. The molecular formula is C56H42N6. The first kappa shape index (κ1) is 36.2.